The Balaban J connectivity index is 2.13. The summed E-state index contributed by atoms with van der Waals surface area (Å²) >= 11 is 7.94. The van der Waals surface area contributed by atoms with E-state index in [0.717, 1.165) is 10.3 Å². The molecular formula is C14H22ClNS. The van der Waals surface area contributed by atoms with Gasteiger partial charge >= 0.3 is 0 Å². The van der Waals surface area contributed by atoms with Crippen molar-refractivity contribution in [2.24, 2.45) is 5.92 Å². The van der Waals surface area contributed by atoms with Crippen molar-refractivity contribution in [2.45, 2.75) is 51.5 Å². The van der Waals surface area contributed by atoms with Crippen LogP contribution < -0.4 is 5.32 Å². The highest BCUT2D eigenvalue weighted by Crippen LogP contribution is 2.38. The summed E-state index contributed by atoms with van der Waals surface area (Å²) < 4.78 is 0.953. The van der Waals surface area contributed by atoms with Crippen LogP contribution in [0, 0.1) is 12.8 Å². The quantitative estimate of drug-likeness (QED) is 0.768. The lowest BCUT2D eigenvalue weighted by molar-refractivity contribution is 0.346. The van der Waals surface area contributed by atoms with Crippen LogP contribution >= 0.6 is 22.9 Å². The maximum absolute atomic E-state index is 6.19. The Morgan fingerprint density at radius 1 is 1.29 bits per heavy atom. The average Bonchev–Trinajstić information content (AvgIpc) is 2.56. The minimum atomic E-state index is 0.504. The number of hydrogen-bond donors (Lipinski definition) is 1. The Kier molecular flexibility index (Phi) is 4.89. The van der Waals surface area contributed by atoms with E-state index in [9.17, 15) is 0 Å². The number of nitrogens with one attached hydrogen (secondary N) is 1. The van der Waals surface area contributed by atoms with Crippen LogP contribution in [-0.4, -0.2) is 7.05 Å². The Morgan fingerprint density at radius 2 is 1.94 bits per heavy atom. The third-order valence-electron chi connectivity index (χ3n) is 3.87. The van der Waals surface area contributed by atoms with Crippen molar-refractivity contribution in [1.82, 2.24) is 5.32 Å². The van der Waals surface area contributed by atoms with Gasteiger partial charge in [0.25, 0.3) is 0 Å². The topological polar surface area (TPSA) is 12.0 Å². The van der Waals surface area contributed by atoms with Crippen LogP contribution in [0.5, 0.6) is 0 Å². The molecule has 0 radical (unpaired) electrons. The van der Waals surface area contributed by atoms with Gasteiger partial charge in [0.15, 0.2) is 0 Å². The van der Waals surface area contributed by atoms with Gasteiger partial charge in [-0.3, -0.25) is 0 Å². The first-order valence-corrected chi connectivity index (χ1v) is 7.85. The molecule has 1 aliphatic carbocycles. The molecule has 1 aromatic rings. The number of rotatable bonds is 3. The van der Waals surface area contributed by atoms with Gasteiger partial charge in [-0.25, -0.2) is 0 Å². The van der Waals surface area contributed by atoms with Gasteiger partial charge in [0.1, 0.15) is 0 Å². The smallest absolute Gasteiger partial charge is 0.0960 e. The molecule has 0 spiro atoms. The molecule has 2 rings (SSSR count). The molecule has 3 heteroatoms. The van der Waals surface area contributed by atoms with Gasteiger partial charge < -0.3 is 5.32 Å². The summed E-state index contributed by atoms with van der Waals surface area (Å²) in [5.74, 6) is 0.789. The first kappa shape index (κ1) is 13.4. The fourth-order valence-corrected chi connectivity index (χ4v) is 4.31. The van der Waals surface area contributed by atoms with Gasteiger partial charge in [-0.05, 0) is 44.4 Å². The summed E-state index contributed by atoms with van der Waals surface area (Å²) in [6.07, 6.45) is 8.33. The highest BCUT2D eigenvalue weighted by molar-refractivity contribution is 7.16. The molecule has 0 aliphatic heterocycles. The molecule has 1 unspecified atom stereocenters. The predicted molar refractivity (Wildman–Crippen MR) is 77.1 cm³/mol. The van der Waals surface area contributed by atoms with Crippen molar-refractivity contribution in [2.75, 3.05) is 7.05 Å². The first-order valence-electron chi connectivity index (χ1n) is 6.65. The summed E-state index contributed by atoms with van der Waals surface area (Å²) in [4.78, 5) is 1.42. The first-order chi connectivity index (χ1) is 8.22. The van der Waals surface area contributed by atoms with Gasteiger partial charge in [-0.15, -0.1) is 11.3 Å². The third-order valence-corrected chi connectivity index (χ3v) is 5.50. The van der Waals surface area contributed by atoms with E-state index in [2.05, 4.69) is 25.4 Å². The van der Waals surface area contributed by atoms with E-state index in [0.29, 0.717) is 6.04 Å². The minimum Gasteiger partial charge on any atom is -0.312 e. The molecule has 1 N–H and O–H groups in total. The van der Waals surface area contributed by atoms with E-state index in [-0.39, 0.29) is 0 Å². The van der Waals surface area contributed by atoms with E-state index in [1.165, 1.54) is 49.0 Å². The summed E-state index contributed by atoms with van der Waals surface area (Å²) in [5, 5.41) is 3.51. The van der Waals surface area contributed by atoms with E-state index >= 15 is 0 Å². The fourth-order valence-electron chi connectivity index (χ4n) is 2.89. The molecule has 0 amide bonds. The van der Waals surface area contributed by atoms with Crippen LogP contribution in [0.4, 0.5) is 0 Å². The van der Waals surface area contributed by atoms with Crippen molar-refractivity contribution in [1.29, 1.82) is 0 Å². The molecule has 1 fully saturated rings. The van der Waals surface area contributed by atoms with Crippen LogP contribution in [-0.2, 0) is 0 Å². The van der Waals surface area contributed by atoms with Crippen LogP contribution in [0.15, 0.2) is 6.07 Å². The third kappa shape index (κ3) is 3.24. The Morgan fingerprint density at radius 3 is 2.41 bits per heavy atom. The second-order valence-corrected chi connectivity index (χ2v) is 6.81. The summed E-state index contributed by atoms with van der Waals surface area (Å²) in [6, 6.07) is 2.77. The van der Waals surface area contributed by atoms with Crippen molar-refractivity contribution in [3.63, 3.8) is 0 Å². The molecule has 0 aromatic carbocycles. The Bertz CT molecular complexity index is 334. The number of thiophene rings is 1. The lowest BCUT2D eigenvalue weighted by Crippen LogP contribution is -2.24. The zero-order chi connectivity index (χ0) is 12.3. The van der Waals surface area contributed by atoms with Crippen molar-refractivity contribution in [3.05, 3.63) is 20.8 Å². The van der Waals surface area contributed by atoms with Crippen molar-refractivity contribution >= 4 is 22.9 Å². The molecule has 1 aromatic heterocycles. The number of aryl methyl sites for hydroxylation is 1. The number of halogens is 1. The fraction of sp³-hybridized carbons (Fsp3) is 0.714. The molecule has 1 aliphatic rings. The maximum Gasteiger partial charge on any atom is 0.0960 e. The van der Waals surface area contributed by atoms with Crippen LogP contribution in [0.25, 0.3) is 0 Å². The van der Waals surface area contributed by atoms with Crippen LogP contribution in [0.3, 0.4) is 0 Å². The summed E-state index contributed by atoms with van der Waals surface area (Å²) in [6.45, 7) is 2.10. The molecule has 96 valence electrons. The largest absolute Gasteiger partial charge is 0.312 e. The van der Waals surface area contributed by atoms with E-state index < -0.39 is 0 Å². The van der Waals surface area contributed by atoms with Crippen molar-refractivity contribution < 1.29 is 0 Å². The normalized spacial score (nSPS) is 20.2. The molecule has 1 nitrogen and oxygen atoms in total. The van der Waals surface area contributed by atoms with Gasteiger partial charge in [0.2, 0.25) is 0 Å². The lowest BCUT2D eigenvalue weighted by atomic mass is 9.91. The highest BCUT2D eigenvalue weighted by atomic mass is 35.5. The second-order valence-electron chi connectivity index (χ2n) is 5.12. The number of hydrogen-bond acceptors (Lipinski definition) is 2. The summed E-state index contributed by atoms with van der Waals surface area (Å²) in [7, 11) is 2.08. The zero-order valence-corrected chi connectivity index (χ0v) is 12.3. The monoisotopic (exact) mass is 271 g/mol. The lowest BCUT2D eigenvalue weighted by Gasteiger charge is -2.24. The Hall–Kier alpha value is -0.0500. The van der Waals surface area contributed by atoms with Gasteiger partial charge in [0, 0.05) is 10.9 Å². The molecule has 1 saturated carbocycles. The summed E-state index contributed by atoms with van der Waals surface area (Å²) in [5.41, 5.74) is 1.22. The highest BCUT2D eigenvalue weighted by Gasteiger charge is 2.24. The van der Waals surface area contributed by atoms with Crippen LogP contribution in [0.2, 0.25) is 4.34 Å². The predicted octanol–water partition coefficient (Wildman–Crippen LogP) is 4.94. The van der Waals surface area contributed by atoms with E-state index in [4.69, 9.17) is 11.6 Å². The molecule has 1 heterocycles. The van der Waals surface area contributed by atoms with E-state index in [1.807, 2.05) is 0 Å². The minimum absolute atomic E-state index is 0.504. The molecule has 17 heavy (non-hydrogen) atoms. The zero-order valence-electron chi connectivity index (χ0n) is 10.8. The molecule has 0 saturated heterocycles. The molecular weight excluding hydrogens is 250 g/mol. The maximum atomic E-state index is 6.19. The van der Waals surface area contributed by atoms with Gasteiger partial charge in [0.05, 0.1) is 4.34 Å². The van der Waals surface area contributed by atoms with Crippen molar-refractivity contribution in [3.8, 4) is 0 Å². The van der Waals surface area contributed by atoms with Gasteiger partial charge in [-0.2, -0.15) is 0 Å². The second kappa shape index (κ2) is 6.21. The van der Waals surface area contributed by atoms with E-state index in [1.54, 1.807) is 11.3 Å². The average molecular weight is 272 g/mol. The SMILES string of the molecule is CNC(c1cc(C)c(Cl)s1)C1CCCCCC1. The van der Waals surface area contributed by atoms with Crippen LogP contribution in [0.1, 0.15) is 55.0 Å². The van der Waals surface area contributed by atoms with Gasteiger partial charge in [-0.1, -0.05) is 37.3 Å². The standard InChI is InChI=1S/C14H22ClNS/c1-10-9-12(17-14(10)15)13(16-2)11-7-5-3-4-6-8-11/h9,11,13,16H,3-8H2,1-2H3. The molecule has 0 bridgehead atoms. The Labute approximate surface area is 114 Å². The molecule has 1 atom stereocenters.